The molecule has 18 heavy (non-hydrogen) atoms. The number of benzene rings is 1. The van der Waals surface area contributed by atoms with Crippen molar-refractivity contribution < 1.29 is 14.3 Å². The molecule has 1 atom stereocenters. The SMILES string of the molecule is CC1CCc2cc3c(cc2C(=O)C1)OCCCO3. The molecule has 0 bridgehead atoms. The van der Waals surface area contributed by atoms with Gasteiger partial charge in [-0.2, -0.15) is 0 Å². The van der Waals surface area contributed by atoms with Crippen LogP contribution in [-0.2, 0) is 6.42 Å². The number of aryl methyl sites for hydroxylation is 1. The van der Waals surface area contributed by atoms with Gasteiger partial charge in [0.2, 0.25) is 0 Å². The summed E-state index contributed by atoms with van der Waals surface area (Å²) in [6, 6.07) is 3.89. The van der Waals surface area contributed by atoms with E-state index < -0.39 is 0 Å². The van der Waals surface area contributed by atoms with Gasteiger partial charge in [-0.3, -0.25) is 4.79 Å². The summed E-state index contributed by atoms with van der Waals surface area (Å²) >= 11 is 0. The number of hydrogen-bond donors (Lipinski definition) is 0. The van der Waals surface area contributed by atoms with Crippen LogP contribution < -0.4 is 9.47 Å². The summed E-state index contributed by atoms with van der Waals surface area (Å²) in [7, 11) is 0. The molecule has 0 N–H and O–H groups in total. The van der Waals surface area contributed by atoms with Gasteiger partial charge in [0.25, 0.3) is 0 Å². The van der Waals surface area contributed by atoms with Crippen molar-refractivity contribution in [2.45, 2.75) is 32.6 Å². The maximum Gasteiger partial charge on any atom is 0.163 e. The van der Waals surface area contributed by atoms with Gasteiger partial charge in [0.15, 0.2) is 17.3 Å². The predicted molar refractivity (Wildman–Crippen MR) is 68.5 cm³/mol. The molecule has 0 aromatic heterocycles. The minimum atomic E-state index is 0.241. The molecule has 0 saturated carbocycles. The zero-order valence-corrected chi connectivity index (χ0v) is 10.7. The molecule has 0 amide bonds. The fourth-order valence-electron chi connectivity index (χ4n) is 2.65. The second-order valence-electron chi connectivity index (χ2n) is 5.28. The number of rotatable bonds is 0. The maximum atomic E-state index is 12.2. The van der Waals surface area contributed by atoms with Gasteiger partial charge in [0.05, 0.1) is 13.2 Å². The van der Waals surface area contributed by atoms with Crippen LogP contribution in [0, 0.1) is 5.92 Å². The number of hydrogen-bond acceptors (Lipinski definition) is 3. The number of ether oxygens (including phenoxy) is 2. The third-order valence-electron chi connectivity index (χ3n) is 3.71. The molecule has 3 nitrogen and oxygen atoms in total. The zero-order valence-electron chi connectivity index (χ0n) is 10.7. The van der Waals surface area contributed by atoms with Crippen molar-refractivity contribution in [2.75, 3.05) is 13.2 Å². The lowest BCUT2D eigenvalue weighted by molar-refractivity contribution is 0.0966. The number of ketones is 1. The molecule has 0 fully saturated rings. The van der Waals surface area contributed by atoms with Crippen LogP contribution in [0.25, 0.3) is 0 Å². The summed E-state index contributed by atoms with van der Waals surface area (Å²) < 4.78 is 11.3. The summed E-state index contributed by atoms with van der Waals surface area (Å²) in [5.41, 5.74) is 1.96. The van der Waals surface area contributed by atoms with E-state index in [1.54, 1.807) is 0 Å². The Labute approximate surface area is 107 Å². The Balaban J connectivity index is 2.04. The van der Waals surface area contributed by atoms with Crippen LogP contribution >= 0.6 is 0 Å². The van der Waals surface area contributed by atoms with Crippen LogP contribution in [0.5, 0.6) is 11.5 Å². The predicted octanol–water partition coefficient (Wildman–Crippen LogP) is 3.00. The first-order valence-electron chi connectivity index (χ1n) is 6.70. The standard InChI is InChI=1S/C15H18O3/c1-10-3-4-11-8-14-15(18-6-2-5-17-14)9-12(11)13(16)7-10/h8-10H,2-7H2,1H3. The molecular weight excluding hydrogens is 228 g/mol. The van der Waals surface area contributed by atoms with Gasteiger partial charge in [0, 0.05) is 18.4 Å². The monoisotopic (exact) mass is 246 g/mol. The Morgan fingerprint density at radius 1 is 1.17 bits per heavy atom. The van der Waals surface area contributed by atoms with Crippen molar-refractivity contribution in [1.82, 2.24) is 0 Å². The Kier molecular flexibility index (Phi) is 2.98. The zero-order chi connectivity index (χ0) is 12.5. The van der Waals surface area contributed by atoms with E-state index in [1.165, 1.54) is 0 Å². The minimum absolute atomic E-state index is 0.241. The second kappa shape index (κ2) is 4.63. The molecule has 1 aromatic carbocycles. The first-order chi connectivity index (χ1) is 8.74. The number of Topliss-reactive ketones (excluding diaryl/α,β-unsaturated/α-hetero) is 1. The molecule has 3 heteroatoms. The lowest BCUT2D eigenvalue weighted by Crippen LogP contribution is -2.04. The Bertz CT molecular complexity index is 479. The number of fused-ring (bicyclic) bond motifs is 2. The Morgan fingerprint density at radius 2 is 1.89 bits per heavy atom. The van der Waals surface area contributed by atoms with Gasteiger partial charge in [-0.1, -0.05) is 6.92 Å². The molecule has 0 radical (unpaired) electrons. The molecule has 96 valence electrons. The molecule has 0 spiro atoms. The highest BCUT2D eigenvalue weighted by atomic mass is 16.5. The third kappa shape index (κ3) is 2.09. The first-order valence-corrected chi connectivity index (χ1v) is 6.70. The molecule has 0 saturated heterocycles. The van der Waals surface area contributed by atoms with Crippen LogP contribution in [0.3, 0.4) is 0 Å². The van der Waals surface area contributed by atoms with E-state index in [-0.39, 0.29) is 5.78 Å². The van der Waals surface area contributed by atoms with Crippen molar-refractivity contribution in [2.24, 2.45) is 5.92 Å². The van der Waals surface area contributed by atoms with Gasteiger partial charge in [-0.05, 0) is 36.5 Å². The lowest BCUT2D eigenvalue weighted by Gasteiger charge is -2.11. The van der Waals surface area contributed by atoms with E-state index in [1.807, 2.05) is 12.1 Å². The molecule has 1 aliphatic heterocycles. The highest BCUT2D eigenvalue weighted by molar-refractivity contribution is 5.98. The van der Waals surface area contributed by atoms with Crippen LogP contribution in [0.15, 0.2) is 12.1 Å². The van der Waals surface area contributed by atoms with Crippen molar-refractivity contribution in [1.29, 1.82) is 0 Å². The normalized spacial score (nSPS) is 22.9. The fraction of sp³-hybridized carbons (Fsp3) is 0.533. The average molecular weight is 246 g/mol. The minimum Gasteiger partial charge on any atom is -0.490 e. The first kappa shape index (κ1) is 11.6. The van der Waals surface area contributed by atoms with E-state index in [2.05, 4.69) is 6.92 Å². The van der Waals surface area contributed by atoms with Gasteiger partial charge >= 0.3 is 0 Å². The van der Waals surface area contributed by atoms with E-state index >= 15 is 0 Å². The van der Waals surface area contributed by atoms with Gasteiger partial charge < -0.3 is 9.47 Å². The van der Waals surface area contributed by atoms with Gasteiger partial charge in [-0.15, -0.1) is 0 Å². The Morgan fingerprint density at radius 3 is 2.67 bits per heavy atom. The van der Waals surface area contributed by atoms with Crippen molar-refractivity contribution in [3.63, 3.8) is 0 Å². The van der Waals surface area contributed by atoms with Crippen molar-refractivity contribution >= 4 is 5.78 Å². The molecule has 1 aromatic rings. The van der Waals surface area contributed by atoms with Crippen molar-refractivity contribution in [3.05, 3.63) is 23.3 Å². The smallest absolute Gasteiger partial charge is 0.163 e. The molecular formula is C15H18O3. The summed E-state index contributed by atoms with van der Waals surface area (Å²) in [5, 5.41) is 0. The van der Waals surface area contributed by atoms with E-state index in [4.69, 9.17) is 9.47 Å². The van der Waals surface area contributed by atoms with E-state index in [9.17, 15) is 4.79 Å². The molecule has 1 unspecified atom stereocenters. The summed E-state index contributed by atoms with van der Waals surface area (Å²) in [6.07, 6.45) is 3.56. The summed E-state index contributed by atoms with van der Waals surface area (Å²) in [6.45, 7) is 3.49. The summed E-state index contributed by atoms with van der Waals surface area (Å²) in [4.78, 5) is 12.2. The maximum absolute atomic E-state index is 12.2. The largest absolute Gasteiger partial charge is 0.490 e. The molecule has 3 rings (SSSR count). The summed E-state index contributed by atoms with van der Waals surface area (Å²) in [5.74, 6) is 2.24. The van der Waals surface area contributed by atoms with Crippen LogP contribution in [0.4, 0.5) is 0 Å². The lowest BCUT2D eigenvalue weighted by atomic mass is 10.0. The molecule has 1 aliphatic carbocycles. The third-order valence-corrected chi connectivity index (χ3v) is 3.71. The quantitative estimate of drug-likeness (QED) is 0.660. The second-order valence-corrected chi connectivity index (χ2v) is 5.28. The molecule has 2 aliphatic rings. The van der Waals surface area contributed by atoms with Crippen molar-refractivity contribution in [3.8, 4) is 11.5 Å². The fourth-order valence-corrected chi connectivity index (χ4v) is 2.65. The average Bonchev–Trinajstić information content (AvgIpc) is 2.65. The van der Waals surface area contributed by atoms with Gasteiger partial charge in [-0.25, -0.2) is 0 Å². The number of carbonyl (C=O) groups is 1. The van der Waals surface area contributed by atoms with E-state index in [0.717, 1.165) is 41.9 Å². The highest BCUT2D eigenvalue weighted by Gasteiger charge is 2.23. The number of carbonyl (C=O) groups excluding carboxylic acids is 1. The van der Waals surface area contributed by atoms with Crippen LogP contribution in [-0.4, -0.2) is 19.0 Å². The van der Waals surface area contributed by atoms with Crippen LogP contribution in [0.1, 0.15) is 42.1 Å². The van der Waals surface area contributed by atoms with Gasteiger partial charge in [0.1, 0.15) is 0 Å². The Hall–Kier alpha value is -1.51. The van der Waals surface area contributed by atoms with Crippen LogP contribution in [0.2, 0.25) is 0 Å². The van der Waals surface area contributed by atoms with E-state index in [0.29, 0.717) is 25.6 Å². The molecule has 1 heterocycles. The topological polar surface area (TPSA) is 35.5 Å². The highest BCUT2D eigenvalue weighted by Crippen LogP contribution is 2.36.